The highest BCUT2D eigenvalue weighted by Gasteiger charge is 2.32. The summed E-state index contributed by atoms with van der Waals surface area (Å²) in [7, 11) is 0. The Labute approximate surface area is 192 Å². The minimum absolute atomic E-state index is 0.0105. The Kier molecular flexibility index (Phi) is 4.95. The molecule has 0 unspecified atom stereocenters. The van der Waals surface area contributed by atoms with Crippen molar-refractivity contribution >= 4 is 33.7 Å². The van der Waals surface area contributed by atoms with Gasteiger partial charge < -0.3 is 15.2 Å². The molecule has 0 fully saturated rings. The van der Waals surface area contributed by atoms with E-state index in [0.717, 1.165) is 41.0 Å². The highest BCUT2D eigenvalue weighted by molar-refractivity contribution is 6.28. The Bertz CT molecular complexity index is 1390. The van der Waals surface area contributed by atoms with E-state index in [-0.39, 0.29) is 5.78 Å². The highest BCUT2D eigenvalue weighted by atomic mass is 16.5. The summed E-state index contributed by atoms with van der Waals surface area (Å²) in [5, 5.41) is 12.2. The van der Waals surface area contributed by atoms with Crippen LogP contribution in [-0.2, 0) is 0 Å². The van der Waals surface area contributed by atoms with Gasteiger partial charge in [-0.15, -0.1) is 0 Å². The molecule has 33 heavy (non-hydrogen) atoms. The van der Waals surface area contributed by atoms with Crippen molar-refractivity contribution in [2.75, 3.05) is 17.2 Å². The molecule has 6 rings (SSSR count). The summed E-state index contributed by atoms with van der Waals surface area (Å²) in [6, 6.07) is 19.5. The predicted molar refractivity (Wildman–Crippen MR) is 132 cm³/mol. The quantitative estimate of drug-likeness (QED) is 0.279. The van der Waals surface area contributed by atoms with Crippen molar-refractivity contribution in [1.82, 2.24) is 5.16 Å². The maximum Gasteiger partial charge on any atom is 0.196 e. The summed E-state index contributed by atoms with van der Waals surface area (Å²) in [5.74, 6) is 0.647. The van der Waals surface area contributed by atoms with Crippen LogP contribution in [0, 0.1) is 0 Å². The van der Waals surface area contributed by atoms with Crippen LogP contribution in [0.15, 0.2) is 76.8 Å². The van der Waals surface area contributed by atoms with Gasteiger partial charge in [-0.05, 0) is 50.3 Å². The van der Waals surface area contributed by atoms with Gasteiger partial charge in [0.05, 0.1) is 22.3 Å². The molecule has 3 aromatic carbocycles. The Balaban J connectivity index is 1.45. The van der Waals surface area contributed by atoms with E-state index in [1.807, 2.05) is 60.7 Å². The van der Waals surface area contributed by atoms with Crippen molar-refractivity contribution in [2.45, 2.75) is 32.1 Å². The topological polar surface area (TPSA) is 67.2 Å². The summed E-state index contributed by atoms with van der Waals surface area (Å²) >= 11 is 0. The molecule has 0 atom stereocenters. The average molecular weight is 436 g/mol. The Morgan fingerprint density at radius 3 is 2.58 bits per heavy atom. The number of allylic oxidation sites excluding steroid dienone is 1. The summed E-state index contributed by atoms with van der Waals surface area (Å²) in [6.07, 6.45) is 8.35. The van der Waals surface area contributed by atoms with Crippen LogP contribution in [-0.4, -0.2) is 17.5 Å². The molecule has 4 aromatic rings. The summed E-state index contributed by atoms with van der Waals surface area (Å²) in [4.78, 5) is 13.6. The molecule has 0 saturated heterocycles. The first-order valence-electron chi connectivity index (χ1n) is 11.6. The fourth-order valence-corrected chi connectivity index (χ4v) is 4.96. The number of hydrogen-bond donors (Lipinski definition) is 2. The van der Waals surface area contributed by atoms with E-state index in [1.165, 1.54) is 31.3 Å². The number of anilines is 3. The third kappa shape index (κ3) is 3.50. The van der Waals surface area contributed by atoms with Crippen LogP contribution >= 0.6 is 0 Å². The number of nitrogens with zero attached hydrogens (tertiary/aromatic N) is 1. The maximum atomic E-state index is 13.6. The van der Waals surface area contributed by atoms with Crippen LogP contribution in [0.3, 0.4) is 0 Å². The van der Waals surface area contributed by atoms with E-state index in [4.69, 9.17) is 4.52 Å². The summed E-state index contributed by atoms with van der Waals surface area (Å²) < 4.78 is 5.83. The number of nitrogens with one attached hydrogen (secondary N) is 2. The van der Waals surface area contributed by atoms with Gasteiger partial charge in [0.1, 0.15) is 5.52 Å². The standard InChI is InChI=1S/C28H25N3O2/c32-27-20-13-7-8-14-21(20)28-25-24(27)22(30-19-11-5-2-6-12-19)17-23(26(25)31-33-28)29-16-15-18-9-3-1-4-10-18/h2,5-9,11-14,17,29-30H,1,3-4,10,15-16H2. The van der Waals surface area contributed by atoms with E-state index in [9.17, 15) is 4.79 Å². The predicted octanol–water partition coefficient (Wildman–Crippen LogP) is 7.09. The van der Waals surface area contributed by atoms with Crippen molar-refractivity contribution in [3.8, 4) is 11.3 Å². The number of para-hydroxylation sites is 1. The fourth-order valence-electron chi connectivity index (χ4n) is 4.96. The maximum absolute atomic E-state index is 13.6. The Morgan fingerprint density at radius 1 is 0.939 bits per heavy atom. The van der Waals surface area contributed by atoms with Gasteiger partial charge in [-0.2, -0.15) is 0 Å². The number of benzene rings is 3. The zero-order chi connectivity index (χ0) is 22.2. The van der Waals surface area contributed by atoms with Crippen LogP contribution in [0.25, 0.3) is 22.2 Å². The molecule has 5 heteroatoms. The molecule has 1 heterocycles. The lowest BCUT2D eigenvalue weighted by atomic mass is 9.86. The van der Waals surface area contributed by atoms with E-state index in [0.29, 0.717) is 22.4 Å². The van der Waals surface area contributed by atoms with E-state index < -0.39 is 0 Å². The largest absolute Gasteiger partial charge is 0.383 e. The molecule has 164 valence electrons. The second-order valence-electron chi connectivity index (χ2n) is 8.73. The Hall–Kier alpha value is -3.86. The number of aromatic nitrogens is 1. The molecular weight excluding hydrogens is 410 g/mol. The first-order valence-corrected chi connectivity index (χ1v) is 11.6. The highest BCUT2D eigenvalue weighted by Crippen LogP contribution is 2.45. The average Bonchev–Trinajstić information content (AvgIpc) is 3.30. The van der Waals surface area contributed by atoms with Crippen molar-refractivity contribution in [2.24, 2.45) is 0 Å². The van der Waals surface area contributed by atoms with Gasteiger partial charge in [0.2, 0.25) is 0 Å². The van der Waals surface area contributed by atoms with Crippen LogP contribution in [0.5, 0.6) is 0 Å². The lowest BCUT2D eigenvalue weighted by molar-refractivity contribution is 0.104. The monoisotopic (exact) mass is 435 g/mol. The van der Waals surface area contributed by atoms with Gasteiger partial charge in [-0.25, -0.2) is 0 Å². The molecule has 0 aliphatic heterocycles. The van der Waals surface area contributed by atoms with Gasteiger partial charge in [0, 0.05) is 23.4 Å². The SMILES string of the molecule is O=C1c2ccccc2-c2onc3c(NCCC4=CCCCC4)cc(Nc4ccccc4)c1c23. The Morgan fingerprint density at radius 2 is 1.76 bits per heavy atom. The molecule has 0 bridgehead atoms. The second-order valence-corrected chi connectivity index (χ2v) is 8.73. The molecule has 1 aromatic heterocycles. The molecule has 0 spiro atoms. The molecule has 0 saturated carbocycles. The molecular formula is C28H25N3O2. The van der Waals surface area contributed by atoms with Gasteiger partial charge in [-0.3, -0.25) is 4.79 Å². The lowest BCUT2D eigenvalue weighted by Gasteiger charge is -2.20. The second kappa shape index (κ2) is 8.24. The number of carbonyl (C=O) groups excluding carboxylic acids is 1. The summed E-state index contributed by atoms with van der Waals surface area (Å²) in [5.41, 5.74) is 6.86. The van der Waals surface area contributed by atoms with Crippen LogP contribution in [0.1, 0.15) is 48.0 Å². The molecule has 0 amide bonds. The van der Waals surface area contributed by atoms with Crippen molar-refractivity contribution in [3.05, 3.63) is 83.4 Å². The zero-order valence-electron chi connectivity index (χ0n) is 18.4. The van der Waals surface area contributed by atoms with Crippen molar-refractivity contribution in [1.29, 1.82) is 0 Å². The third-order valence-electron chi connectivity index (χ3n) is 6.60. The minimum Gasteiger partial charge on any atom is -0.383 e. The van der Waals surface area contributed by atoms with Crippen molar-refractivity contribution in [3.63, 3.8) is 0 Å². The van der Waals surface area contributed by atoms with E-state index in [1.54, 1.807) is 0 Å². The van der Waals surface area contributed by atoms with E-state index >= 15 is 0 Å². The lowest BCUT2D eigenvalue weighted by Crippen LogP contribution is -2.13. The number of rotatable bonds is 6. The van der Waals surface area contributed by atoms with Crippen LogP contribution in [0.2, 0.25) is 0 Å². The van der Waals surface area contributed by atoms with Gasteiger partial charge >= 0.3 is 0 Å². The molecule has 2 aliphatic carbocycles. The van der Waals surface area contributed by atoms with Gasteiger partial charge in [0.15, 0.2) is 11.5 Å². The van der Waals surface area contributed by atoms with E-state index in [2.05, 4.69) is 21.9 Å². The van der Waals surface area contributed by atoms with Crippen LogP contribution < -0.4 is 10.6 Å². The minimum atomic E-state index is -0.0105. The zero-order valence-corrected chi connectivity index (χ0v) is 18.4. The fraction of sp³-hybridized carbons (Fsp3) is 0.214. The third-order valence-corrected chi connectivity index (χ3v) is 6.60. The number of fused-ring (bicyclic) bond motifs is 2. The first-order chi connectivity index (χ1) is 16.3. The van der Waals surface area contributed by atoms with Crippen molar-refractivity contribution < 1.29 is 9.32 Å². The smallest absolute Gasteiger partial charge is 0.196 e. The molecule has 5 nitrogen and oxygen atoms in total. The van der Waals surface area contributed by atoms with Gasteiger partial charge in [-0.1, -0.05) is 59.3 Å². The molecule has 0 radical (unpaired) electrons. The molecule has 2 N–H and O–H groups in total. The number of carbonyl (C=O) groups is 1. The first kappa shape index (κ1) is 19.8. The number of hydrogen-bond acceptors (Lipinski definition) is 5. The normalized spacial score (nSPS) is 14.7. The number of ketones is 1. The van der Waals surface area contributed by atoms with Gasteiger partial charge in [0.25, 0.3) is 0 Å². The summed E-state index contributed by atoms with van der Waals surface area (Å²) in [6.45, 7) is 0.817. The molecule has 2 aliphatic rings. The van der Waals surface area contributed by atoms with Crippen LogP contribution in [0.4, 0.5) is 17.1 Å².